The van der Waals surface area contributed by atoms with Crippen molar-refractivity contribution >= 4 is 17.7 Å². The molecule has 1 atom stereocenters. The Morgan fingerprint density at radius 3 is 2.11 bits per heavy atom. The van der Waals surface area contributed by atoms with Gasteiger partial charge in [0.05, 0.1) is 0 Å². The smallest absolute Gasteiger partial charge is 0.320 e. The van der Waals surface area contributed by atoms with Gasteiger partial charge in [-0.15, -0.1) is 0 Å². The van der Waals surface area contributed by atoms with Gasteiger partial charge in [0.25, 0.3) is 0 Å². The zero-order valence-electron chi connectivity index (χ0n) is 9.79. The van der Waals surface area contributed by atoms with Crippen molar-refractivity contribution in [2.24, 2.45) is 11.5 Å². The van der Waals surface area contributed by atoms with Crippen molar-refractivity contribution < 1.29 is 23.5 Å². The van der Waals surface area contributed by atoms with E-state index in [0.717, 1.165) is 0 Å². The number of guanidine groups is 1. The van der Waals surface area contributed by atoms with Crippen LogP contribution in [0.3, 0.4) is 0 Å². The van der Waals surface area contributed by atoms with Crippen molar-refractivity contribution in [3.63, 3.8) is 0 Å². The summed E-state index contributed by atoms with van der Waals surface area (Å²) in [6.07, 6.45) is 0.975. The number of carbonyl (C=O) groups excluding carboxylic acids is 1. The first-order valence-electron chi connectivity index (χ1n) is 5.05. The molecule has 0 aliphatic rings. The molecule has 0 aromatic heterocycles. The summed E-state index contributed by atoms with van der Waals surface area (Å²) < 4.78 is 21.6. The number of hydrogen-bond acceptors (Lipinski definition) is 4. The van der Waals surface area contributed by atoms with E-state index in [-0.39, 0.29) is 5.96 Å². The van der Waals surface area contributed by atoms with Crippen LogP contribution in [0.25, 0.3) is 0 Å². The molecule has 0 aliphatic carbocycles. The van der Waals surface area contributed by atoms with E-state index in [1.165, 1.54) is 0 Å². The van der Waals surface area contributed by atoms with E-state index in [0.29, 0.717) is 19.4 Å². The maximum Gasteiger partial charge on any atom is 0.320 e. The lowest BCUT2D eigenvalue weighted by Crippen LogP contribution is -2.34. The highest BCUT2D eigenvalue weighted by atomic mass is 19.1. The molecule has 0 aliphatic heterocycles. The quantitative estimate of drug-likeness (QED) is 0.231. The summed E-state index contributed by atoms with van der Waals surface area (Å²) in [7, 11) is 0. The van der Waals surface area contributed by atoms with Gasteiger partial charge in [0.1, 0.15) is 6.04 Å². The number of rotatable bonds is 7. The molecule has 0 fully saturated rings. The van der Waals surface area contributed by atoms with Crippen molar-refractivity contribution in [3.05, 3.63) is 0 Å². The van der Waals surface area contributed by atoms with Gasteiger partial charge in [-0.05, 0) is 12.8 Å². The number of carboxylic acid groups (broad SMARTS) is 1. The summed E-state index contributed by atoms with van der Waals surface area (Å²) in [5, 5.41) is 17.7. The number of nitrogens with one attached hydrogen (secondary N) is 2. The first-order chi connectivity index (χ1) is 8.34. The Balaban J connectivity index is 0. The second kappa shape index (κ2) is 11.7. The molecule has 0 heterocycles. The molecule has 18 heavy (non-hydrogen) atoms. The van der Waals surface area contributed by atoms with Gasteiger partial charge < -0.3 is 21.9 Å². The van der Waals surface area contributed by atoms with Crippen LogP contribution in [0.1, 0.15) is 12.8 Å². The van der Waals surface area contributed by atoms with Crippen molar-refractivity contribution in [3.8, 4) is 0 Å². The Morgan fingerprint density at radius 2 is 1.83 bits per heavy atom. The molecule has 0 saturated carbocycles. The molecule has 0 amide bonds. The van der Waals surface area contributed by atoms with Crippen LogP contribution in [-0.4, -0.2) is 48.8 Å². The average Bonchev–Trinajstić information content (AvgIpc) is 2.33. The minimum absolute atomic E-state index is 0.112. The first kappa shape index (κ1) is 18.6. The van der Waals surface area contributed by atoms with E-state index in [9.17, 15) is 18.4 Å². The average molecular weight is 268 g/mol. The number of hydrogen-bond donors (Lipinski definition) is 5. The highest BCUT2D eigenvalue weighted by Gasteiger charge is 2.09. The molecule has 1 unspecified atom stereocenters. The maximum atomic E-state index is 10.8. The number of nitrogens with two attached hydrogens (primary N) is 2. The standard InChI is InChI=1S/C6H14N4O2.C3H4F2O/c7-4(5(11)12)2-1-3-10-6(8)9;4-1-3(6)2-5/h4H,1-3,7H2,(H,11,12)(H4,8,9,10);1-2H2. The van der Waals surface area contributed by atoms with Gasteiger partial charge >= 0.3 is 5.97 Å². The Hall–Kier alpha value is -1.77. The van der Waals surface area contributed by atoms with Crippen LogP contribution < -0.4 is 16.8 Å². The molecule has 0 aromatic carbocycles. The second-order valence-corrected chi connectivity index (χ2v) is 3.23. The van der Waals surface area contributed by atoms with Crippen LogP contribution in [0.5, 0.6) is 0 Å². The van der Waals surface area contributed by atoms with E-state index < -0.39 is 31.1 Å². The lowest BCUT2D eigenvalue weighted by atomic mass is 10.2. The summed E-state index contributed by atoms with van der Waals surface area (Å²) in [6, 6.07) is -0.821. The molecule has 0 spiro atoms. The summed E-state index contributed by atoms with van der Waals surface area (Å²) in [5.74, 6) is -2.10. The molecule has 9 heteroatoms. The van der Waals surface area contributed by atoms with Crippen molar-refractivity contribution in [1.29, 1.82) is 5.41 Å². The molecule has 0 saturated heterocycles. The Labute approximate surface area is 103 Å². The summed E-state index contributed by atoms with van der Waals surface area (Å²) in [5.41, 5.74) is 10.2. The zero-order valence-corrected chi connectivity index (χ0v) is 9.79. The fourth-order valence-electron chi connectivity index (χ4n) is 0.704. The van der Waals surface area contributed by atoms with E-state index in [1.807, 2.05) is 0 Å². The van der Waals surface area contributed by atoms with Crippen LogP contribution in [0.15, 0.2) is 0 Å². The molecule has 0 bridgehead atoms. The molecule has 0 rings (SSSR count). The normalized spacial score (nSPS) is 10.8. The third-order valence-electron chi connectivity index (χ3n) is 1.62. The molecule has 7 N–H and O–H groups in total. The van der Waals surface area contributed by atoms with E-state index in [1.54, 1.807) is 0 Å². The topological polar surface area (TPSA) is 142 Å². The van der Waals surface area contributed by atoms with E-state index in [4.69, 9.17) is 22.0 Å². The van der Waals surface area contributed by atoms with Crippen LogP contribution in [0.2, 0.25) is 0 Å². The van der Waals surface area contributed by atoms with E-state index >= 15 is 0 Å². The number of halogens is 2. The maximum absolute atomic E-state index is 10.8. The molecule has 7 nitrogen and oxygen atoms in total. The lowest BCUT2D eigenvalue weighted by Gasteiger charge is -2.06. The van der Waals surface area contributed by atoms with Gasteiger partial charge in [-0.1, -0.05) is 0 Å². The highest BCUT2D eigenvalue weighted by Crippen LogP contribution is 1.92. The fourth-order valence-corrected chi connectivity index (χ4v) is 0.704. The lowest BCUT2D eigenvalue weighted by molar-refractivity contribution is -0.138. The molecule has 0 aromatic rings. The number of Topliss-reactive ketones (excluding diaryl/α,β-unsaturated/α-hetero) is 1. The van der Waals surface area contributed by atoms with Crippen LogP contribution in [-0.2, 0) is 9.59 Å². The third-order valence-corrected chi connectivity index (χ3v) is 1.62. The predicted octanol–water partition coefficient (Wildman–Crippen LogP) is -0.844. The zero-order chi connectivity index (χ0) is 14.6. The number of alkyl halides is 2. The Bertz CT molecular complexity index is 271. The molecule has 0 radical (unpaired) electrons. The van der Waals surface area contributed by atoms with Gasteiger partial charge in [-0.2, -0.15) is 0 Å². The second-order valence-electron chi connectivity index (χ2n) is 3.23. The molecular weight excluding hydrogens is 250 g/mol. The van der Waals surface area contributed by atoms with Crippen LogP contribution in [0, 0.1) is 5.41 Å². The van der Waals surface area contributed by atoms with Crippen LogP contribution in [0.4, 0.5) is 8.78 Å². The van der Waals surface area contributed by atoms with Gasteiger partial charge in [-0.3, -0.25) is 15.0 Å². The first-order valence-corrected chi connectivity index (χ1v) is 5.05. The molecular formula is C9H18F2N4O3. The van der Waals surface area contributed by atoms with Gasteiger partial charge in [0.2, 0.25) is 0 Å². The number of carboxylic acids is 1. The minimum atomic E-state index is -1.18. The minimum Gasteiger partial charge on any atom is -0.480 e. The number of carbonyl (C=O) groups is 2. The summed E-state index contributed by atoms with van der Waals surface area (Å²) in [4.78, 5) is 19.6. The Morgan fingerprint density at radius 1 is 1.33 bits per heavy atom. The van der Waals surface area contributed by atoms with Gasteiger partial charge in [0.15, 0.2) is 25.1 Å². The summed E-state index contributed by atoms with van der Waals surface area (Å²) >= 11 is 0. The Kier molecular flexibility index (Phi) is 12.1. The predicted molar refractivity (Wildman–Crippen MR) is 61.7 cm³/mol. The number of aliphatic carboxylic acids is 1. The van der Waals surface area contributed by atoms with Crippen molar-refractivity contribution in [2.45, 2.75) is 18.9 Å². The van der Waals surface area contributed by atoms with E-state index in [2.05, 4.69) is 5.32 Å². The SMILES string of the molecule is N=C(N)NCCCC(N)C(=O)O.O=C(CF)CF. The van der Waals surface area contributed by atoms with Gasteiger partial charge in [0, 0.05) is 6.54 Å². The molecule has 106 valence electrons. The number of ketones is 1. The van der Waals surface area contributed by atoms with Crippen molar-refractivity contribution in [1.82, 2.24) is 5.32 Å². The third kappa shape index (κ3) is 14.2. The fraction of sp³-hybridized carbons (Fsp3) is 0.667. The summed E-state index contributed by atoms with van der Waals surface area (Å²) in [6.45, 7) is -1.89. The van der Waals surface area contributed by atoms with Crippen molar-refractivity contribution in [2.75, 3.05) is 19.9 Å². The highest BCUT2D eigenvalue weighted by molar-refractivity contribution is 5.80. The van der Waals surface area contributed by atoms with Crippen LogP contribution >= 0.6 is 0 Å². The van der Waals surface area contributed by atoms with Gasteiger partial charge in [-0.25, -0.2) is 8.78 Å². The monoisotopic (exact) mass is 268 g/mol. The largest absolute Gasteiger partial charge is 0.480 e.